The van der Waals surface area contributed by atoms with E-state index < -0.39 is 5.60 Å². The third-order valence-electron chi connectivity index (χ3n) is 9.14. The molecule has 0 radical (unpaired) electrons. The highest BCUT2D eigenvalue weighted by Crippen LogP contribution is 2.72. The molecule has 0 saturated heterocycles. The average molecular weight is 335 g/mol. The van der Waals surface area contributed by atoms with Crippen LogP contribution in [0.5, 0.6) is 0 Å². The van der Waals surface area contributed by atoms with Crippen LogP contribution in [0.15, 0.2) is 0 Å². The Bertz CT molecular complexity index is 555. The van der Waals surface area contributed by atoms with Crippen molar-refractivity contribution >= 4 is 5.97 Å². The third-order valence-corrected chi connectivity index (χ3v) is 9.14. The van der Waals surface area contributed by atoms with E-state index in [0.717, 1.165) is 32.1 Å². The van der Waals surface area contributed by atoms with Gasteiger partial charge in [-0.1, -0.05) is 13.3 Å². The molecule has 4 fully saturated rings. The lowest BCUT2D eigenvalue weighted by Gasteiger charge is -2.63. The molecule has 24 heavy (non-hydrogen) atoms. The predicted octanol–water partition coefficient (Wildman–Crippen LogP) is 4.32. The van der Waals surface area contributed by atoms with Crippen molar-refractivity contribution < 1.29 is 14.6 Å². The fourth-order valence-corrected chi connectivity index (χ4v) is 8.27. The molecule has 0 amide bonds. The molecule has 0 heterocycles. The van der Waals surface area contributed by atoms with Gasteiger partial charge in [0.25, 0.3) is 0 Å². The second-order valence-electron chi connectivity index (χ2n) is 10.3. The number of carbonyl (C=O) groups excluding carboxylic acids is 1. The first kappa shape index (κ1) is 16.9. The van der Waals surface area contributed by atoms with Crippen molar-refractivity contribution in [3.63, 3.8) is 0 Å². The maximum Gasteiger partial charge on any atom is 0.311 e. The molecule has 3 heteroatoms. The number of hydrogen-bond acceptors (Lipinski definition) is 3. The van der Waals surface area contributed by atoms with E-state index in [-0.39, 0.29) is 16.8 Å². The first-order chi connectivity index (χ1) is 11.2. The minimum Gasteiger partial charge on any atom is -0.469 e. The highest BCUT2D eigenvalue weighted by atomic mass is 16.5. The molecule has 4 aliphatic carbocycles. The van der Waals surface area contributed by atoms with Crippen molar-refractivity contribution in [2.75, 3.05) is 7.11 Å². The smallest absolute Gasteiger partial charge is 0.311 e. The van der Waals surface area contributed by atoms with Crippen LogP contribution in [-0.2, 0) is 9.53 Å². The Balaban J connectivity index is 1.72. The van der Waals surface area contributed by atoms with Crippen LogP contribution >= 0.6 is 0 Å². The van der Waals surface area contributed by atoms with Gasteiger partial charge in [-0.05, 0) is 93.8 Å². The average Bonchev–Trinajstić information content (AvgIpc) is 2.70. The van der Waals surface area contributed by atoms with Gasteiger partial charge < -0.3 is 9.84 Å². The Kier molecular flexibility index (Phi) is 3.51. The summed E-state index contributed by atoms with van der Waals surface area (Å²) in [7, 11) is 1.54. The van der Waals surface area contributed by atoms with Gasteiger partial charge in [0.2, 0.25) is 0 Å². The highest BCUT2D eigenvalue weighted by molar-refractivity contribution is 5.77. The first-order valence-corrected chi connectivity index (χ1v) is 9.99. The van der Waals surface area contributed by atoms with E-state index in [2.05, 4.69) is 20.8 Å². The second kappa shape index (κ2) is 4.99. The minimum absolute atomic E-state index is 0.00137. The lowest BCUT2D eigenvalue weighted by atomic mass is 9.41. The fourth-order valence-electron chi connectivity index (χ4n) is 8.27. The van der Waals surface area contributed by atoms with E-state index >= 15 is 0 Å². The van der Waals surface area contributed by atoms with Crippen LogP contribution in [0.25, 0.3) is 0 Å². The lowest BCUT2D eigenvalue weighted by Crippen LogP contribution is -2.58. The zero-order valence-electron chi connectivity index (χ0n) is 15.9. The number of aliphatic hydroxyl groups is 1. The summed E-state index contributed by atoms with van der Waals surface area (Å²) in [6.45, 7) is 6.70. The van der Waals surface area contributed by atoms with Crippen molar-refractivity contribution in [1.29, 1.82) is 0 Å². The van der Waals surface area contributed by atoms with E-state index in [1.807, 2.05) is 0 Å². The van der Waals surface area contributed by atoms with Gasteiger partial charge in [0.1, 0.15) is 0 Å². The normalized spacial score (nSPS) is 56.3. The molecular weight excluding hydrogens is 300 g/mol. The molecule has 1 spiro atoms. The maximum atomic E-state index is 12.6. The predicted molar refractivity (Wildman–Crippen MR) is 93.3 cm³/mol. The van der Waals surface area contributed by atoms with E-state index in [0.29, 0.717) is 23.2 Å². The number of fused-ring (bicyclic) bond motifs is 3. The Labute approximate surface area is 146 Å². The van der Waals surface area contributed by atoms with Crippen LogP contribution in [0.3, 0.4) is 0 Å². The summed E-state index contributed by atoms with van der Waals surface area (Å²) in [5.41, 5.74) is -0.240. The monoisotopic (exact) mass is 334 g/mol. The molecule has 4 aliphatic rings. The molecule has 1 N–H and O–H groups in total. The summed E-state index contributed by atoms with van der Waals surface area (Å²) < 4.78 is 5.24. The van der Waals surface area contributed by atoms with Gasteiger partial charge in [-0.15, -0.1) is 0 Å². The highest BCUT2D eigenvalue weighted by Gasteiger charge is 2.67. The number of hydrogen-bond donors (Lipinski definition) is 1. The van der Waals surface area contributed by atoms with Gasteiger partial charge in [0.05, 0.1) is 18.1 Å². The Hall–Kier alpha value is -0.570. The molecule has 136 valence electrons. The number of esters is 1. The van der Waals surface area contributed by atoms with Crippen molar-refractivity contribution in [3.05, 3.63) is 0 Å². The summed E-state index contributed by atoms with van der Waals surface area (Å²) in [6, 6.07) is 0. The fraction of sp³-hybridized carbons (Fsp3) is 0.952. The Morgan fingerprint density at radius 1 is 1.04 bits per heavy atom. The largest absolute Gasteiger partial charge is 0.469 e. The molecule has 0 aliphatic heterocycles. The van der Waals surface area contributed by atoms with Crippen molar-refractivity contribution in [2.24, 2.45) is 34.0 Å². The zero-order chi connectivity index (χ0) is 17.4. The maximum absolute atomic E-state index is 12.6. The number of methoxy groups -OCH3 is 1. The van der Waals surface area contributed by atoms with Crippen LogP contribution in [0.2, 0.25) is 0 Å². The Morgan fingerprint density at radius 3 is 2.50 bits per heavy atom. The molecule has 4 rings (SSSR count). The van der Waals surface area contributed by atoms with Crippen LogP contribution in [-0.4, -0.2) is 23.8 Å². The molecule has 0 aromatic rings. The summed E-state index contributed by atoms with van der Waals surface area (Å²) in [4.78, 5) is 12.6. The summed E-state index contributed by atoms with van der Waals surface area (Å²) in [6.07, 6.45) is 10.3. The van der Waals surface area contributed by atoms with Gasteiger partial charge >= 0.3 is 5.97 Å². The van der Waals surface area contributed by atoms with E-state index in [4.69, 9.17) is 4.74 Å². The molecule has 1 unspecified atom stereocenters. The van der Waals surface area contributed by atoms with Gasteiger partial charge in [0.15, 0.2) is 0 Å². The van der Waals surface area contributed by atoms with Crippen molar-refractivity contribution in [3.8, 4) is 0 Å². The SMILES string of the molecule is COC(=O)C1(C)CCC[C@@]2(C)[C@H]1CC[C@]13C[C@@H](CC[C@@H]12)[C@](C)(O)C3. The standard InChI is InChI=1S/C21H34O3/c1-18-9-5-10-19(2,17(22)24-4)15(18)8-11-21-12-14(6-7-16(18)21)20(3,23)13-21/h14-16,23H,5-13H2,1-4H3/t14-,15-,16-,18+,19?,20-,21-/m1/s1. The molecule has 2 bridgehead atoms. The van der Waals surface area contributed by atoms with Crippen molar-refractivity contribution in [2.45, 2.75) is 84.2 Å². The summed E-state index contributed by atoms with van der Waals surface area (Å²) in [5, 5.41) is 10.9. The topological polar surface area (TPSA) is 46.5 Å². The van der Waals surface area contributed by atoms with Crippen molar-refractivity contribution in [1.82, 2.24) is 0 Å². The van der Waals surface area contributed by atoms with Gasteiger partial charge in [-0.25, -0.2) is 0 Å². The zero-order valence-corrected chi connectivity index (χ0v) is 15.9. The third kappa shape index (κ3) is 1.97. The molecule has 7 atom stereocenters. The van der Waals surface area contributed by atoms with Crippen LogP contribution in [0, 0.1) is 34.0 Å². The van der Waals surface area contributed by atoms with E-state index in [1.54, 1.807) is 7.11 Å². The van der Waals surface area contributed by atoms with Gasteiger partial charge in [0, 0.05) is 0 Å². The quantitative estimate of drug-likeness (QED) is 0.726. The van der Waals surface area contributed by atoms with Crippen LogP contribution < -0.4 is 0 Å². The molecule has 0 aromatic heterocycles. The van der Waals surface area contributed by atoms with Crippen LogP contribution in [0.4, 0.5) is 0 Å². The lowest BCUT2D eigenvalue weighted by molar-refractivity contribution is -0.184. The number of rotatable bonds is 1. The van der Waals surface area contributed by atoms with Crippen LogP contribution in [0.1, 0.15) is 78.6 Å². The van der Waals surface area contributed by atoms with E-state index in [1.165, 1.54) is 25.7 Å². The summed E-state index contributed by atoms with van der Waals surface area (Å²) >= 11 is 0. The van der Waals surface area contributed by atoms with E-state index in [9.17, 15) is 9.90 Å². The first-order valence-electron chi connectivity index (χ1n) is 9.99. The van der Waals surface area contributed by atoms with Gasteiger partial charge in [-0.3, -0.25) is 4.79 Å². The number of ether oxygens (including phenoxy) is 1. The molecule has 4 saturated carbocycles. The molecular formula is C21H34O3. The second-order valence-corrected chi connectivity index (χ2v) is 10.3. The molecule has 0 aromatic carbocycles. The summed E-state index contributed by atoms with van der Waals surface area (Å²) in [5.74, 6) is 1.59. The Morgan fingerprint density at radius 2 is 1.79 bits per heavy atom. The molecule has 3 nitrogen and oxygen atoms in total. The van der Waals surface area contributed by atoms with Gasteiger partial charge in [-0.2, -0.15) is 0 Å². The minimum atomic E-state index is -0.474. The number of carbonyl (C=O) groups is 1.